The molecule has 9 heteroatoms. The molecule has 1 aromatic heterocycles. The summed E-state index contributed by atoms with van der Waals surface area (Å²) in [5, 5.41) is 7.99. The van der Waals surface area contributed by atoms with Gasteiger partial charge in [-0.25, -0.2) is 18.4 Å². The molecule has 0 spiro atoms. The second kappa shape index (κ2) is 8.55. The highest BCUT2D eigenvalue weighted by Gasteiger charge is 2.21. The number of piperazine rings is 1. The molecule has 3 N–H and O–H groups in total. The van der Waals surface area contributed by atoms with Gasteiger partial charge in [-0.1, -0.05) is 12.1 Å². The molecular weight excluding hydrogens is 368 g/mol. The van der Waals surface area contributed by atoms with Crippen molar-refractivity contribution in [1.82, 2.24) is 15.1 Å². The maximum absolute atomic E-state index is 12.3. The van der Waals surface area contributed by atoms with Crippen molar-refractivity contribution in [3.05, 3.63) is 54.0 Å². The van der Waals surface area contributed by atoms with E-state index in [4.69, 9.17) is 9.56 Å². The smallest absolute Gasteiger partial charge is 0.317 e. The number of hydrogen-bond acceptors (Lipinski definition) is 5. The van der Waals surface area contributed by atoms with Crippen LogP contribution in [0, 0.1) is 0 Å². The van der Waals surface area contributed by atoms with E-state index in [1.165, 1.54) is 12.1 Å². The van der Waals surface area contributed by atoms with Crippen LogP contribution in [0.5, 0.6) is 0 Å². The molecule has 0 radical (unpaired) electrons. The number of amides is 2. The zero-order valence-corrected chi connectivity index (χ0v) is 15.8. The molecule has 146 valence electrons. The van der Waals surface area contributed by atoms with E-state index >= 15 is 0 Å². The molecule has 0 atom stereocenters. The third-order valence-electron chi connectivity index (χ3n) is 4.56. The number of hydrogen-bond donors (Lipinski definition) is 2. The molecular formula is C18H24N4O4S. The van der Waals surface area contributed by atoms with Crippen molar-refractivity contribution < 1.29 is 17.6 Å². The summed E-state index contributed by atoms with van der Waals surface area (Å²) < 4.78 is 27.8. The first-order valence-electron chi connectivity index (χ1n) is 8.81. The lowest BCUT2D eigenvalue weighted by molar-refractivity contribution is 0.130. The molecule has 0 bridgehead atoms. The van der Waals surface area contributed by atoms with Crippen LogP contribution < -0.4 is 10.5 Å². The van der Waals surface area contributed by atoms with E-state index in [1.54, 1.807) is 18.4 Å². The van der Waals surface area contributed by atoms with Crippen molar-refractivity contribution in [1.29, 1.82) is 0 Å². The summed E-state index contributed by atoms with van der Waals surface area (Å²) in [7, 11) is -3.68. The van der Waals surface area contributed by atoms with Gasteiger partial charge in [-0.15, -0.1) is 0 Å². The van der Waals surface area contributed by atoms with Gasteiger partial charge in [0, 0.05) is 32.7 Å². The summed E-state index contributed by atoms with van der Waals surface area (Å²) in [6.45, 7) is 4.22. The minimum absolute atomic E-state index is 0.0752. The van der Waals surface area contributed by atoms with Gasteiger partial charge in [0.25, 0.3) is 0 Å². The molecule has 3 rings (SSSR count). The highest BCUT2D eigenvalue weighted by atomic mass is 32.2. The second-order valence-electron chi connectivity index (χ2n) is 6.51. The third kappa shape index (κ3) is 5.56. The van der Waals surface area contributed by atoms with Crippen LogP contribution in [0.15, 0.2) is 52.0 Å². The minimum Gasteiger partial charge on any atom is -0.468 e. The van der Waals surface area contributed by atoms with E-state index in [0.29, 0.717) is 26.1 Å². The monoisotopic (exact) mass is 392 g/mol. The van der Waals surface area contributed by atoms with Gasteiger partial charge in [0.05, 0.1) is 17.7 Å². The van der Waals surface area contributed by atoms with Gasteiger partial charge in [0.2, 0.25) is 10.0 Å². The van der Waals surface area contributed by atoms with E-state index < -0.39 is 10.0 Å². The number of nitrogens with two attached hydrogens (primary N) is 1. The van der Waals surface area contributed by atoms with E-state index in [2.05, 4.69) is 10.2 Å². The van der Waals surface area contributed by atoms with Crippen molar-refractivity contribution >= 4 is 16.1 Å². The summed E-state index contributed by atoms with van der Waals surface area (Å²) in [5.74, 6) is 0.932. The molecule has 2 heterocycles. The molecule has 1 aromatic carbocycles. The Balaban J connectivity index is 1.38. The van der Waals surface area contributed by atoms with E-state index in [1.807, 2.05) is 17.0 Å². The van der Waals surface area contributed by atoms with Crippen molar-refractivity contribution in [3.8, 4) is 0 Å². The minimum atomic E-state index is -3.68. The van der Waals surface area contributed by atoms with Crippen molar-refractivity contribution in [2.24, 2.45) is 5.14 Å². The van der Waals surface area contributed by atoms with Gasteiger partial charge in [-0.2, -0.15) is 0 Å². The normalized spacial score (nSPS) is 15.7. The lowest BCUT2D eigenvalue weighted by Crippen LogP contribution is -2.51. The fourth-order valence-electron chi connectivity index (χ4n) is 3.00. The molecule has 1 aliphatic heterocycles. The molecule has 1 aliphatic rings. The van der Waals surface area contributed by atoms with Crippen LogP contribution in [0.3, 0.4) is 0 Å². The summed E-state index contributed by atoms with van der Waals surface area (Å²) in [6.07, 6.45) is 2.29. The first-order chi connectivity index (χ1) is 12.9. The van der Waals surface area contributed by atoms with Crippen LogP contribution in [0.1, 0.15) is 11.3 Å². The average Bonchev–Trinajstić information content (AvgIpc) is 3.15. The number of furan rings is 1. The van der Waals surface area contributed by atoms with Gasteiger partial charge in [0.15, 0.2) is 0 Å². The first-order valence-corrected chi connectivity index (χ1v) is 10.4. The van der Waals surface area contributed by atoms with Crippen molar-refractivity contribution in [3.63, 3.8) is 0 Å². The van der Waals surface area contributed by atoms with E-state index in [0.717, 1.165) is 31.0 Å². The number of sulfonamides is 1. The highest BCUT2D eigenvalue weighted by Crippen LogP contribution is 2.10. The molecule has 2 aromatic rings. The molecule has 27 heavy (non-hydrogen) atoms. The van der Waals surface area contributed by atoms with Crippen LogP contribution in [0.25, 0.3) is 0 Å². The van der Waals surface area contributed by atoms with Crippen molar-refractivity contribution in [2.45, 2.75) is 17.9 Å². The molecule has 0 aliphatic carbocycles. The lowest BCUT2D eigenvalue weighted by Gasteiger charge is -2.34. The van der Waals surface area contributed by atoms with E-state index in [9.17, 15) is 13.2 Å². The quantitative estimate of drug-likeness (QED) is 0.762. The zero-order valence-electron chi connectivity index (χ0n) is 15.0. The number of benzene rings is 1. The molecule has 0 saturated carbocycles. The largest absolute Gasteiger partial charge is 0.468 e. The van der Waals surface area contributed by atoms with Crippen LogP contribution in [-0.2, 0) is 23.0 Å². The fraction of sp³-hybridized carbons (Fsp3) is 0.389. The van der Waals surface area contributed by atoms with Gasteiger partial charge >= 0.3 is 6.03 Å². The van der Waals surface area contributed by atoms with Gasteiger partial charge < -0.3 is 14.6 Å². The number of carbonyl (C=O) groups excluding carboxylic acids is 1. The molecule has 2 amide bonds. The van der Waals surface area contributed by atoms with Crippen LogP contribution >= 0.6 is 0 Å². The summed E-state index contributed by atoms with van der Waals surface area (Å²) >= 11 is 0. The molecule has 1 fully saturated rings. The Morgan fingerprint density at radius 1 is 1.11 bits per heavy atom. The summed E-state index contributed by atoms with van der Waals surface area (Å²) in [4.78, 5) is 16.4. The number of rotatable bonds is 6. The lowest BCUT2D eigenvalue weighted by atomic mass is 10.1. The molecule has 1 saturated heterocycles. The predicted molar refractivity (Wildman–Crippen MR) is 100 cm³/mol. The Kier molecular flexibility index (Phi) is 6.15. The van der Waals surface area contributed by atoms with Crippen LogP contribution in [0.4, 0.5) is 4.79 Å². The second-order valence-corrected chi connectivity index (χ2v) is 8.07. The summed E-state index contributed by atoms with van der Waals surface area (Å²) in [5.41, 5.74) is 0.936. The zero-order chi connectivity index (χ0) is 19.3. The Morgan fingerprint density at radius 2 is 1.81 bits per heavy atom. The Hall–Kier alpha value is -2.36. The van der Waals surface area contributed by atoms with Crippen molar-refractivity contribution in [2.75, 3.05) is 32.7 Å². The standard InChI is InChI=1S/C18H24N4O4S/c19-27(24,25)17-5-3-15(4-6-17)7-8-20-18(23)22-11-9-21(10-12-22)14-16-2-1-13-26-16/h1-6,13H,7-12,14H2,(H,20,23)(H2,19,24,25). The van der Waals surface area contributed by atoms with E-state index in [-0.39, 0.29) is 10.9 Å². The Morgan fingerprint density at radius 3 is 2.41 bits per heavy atom. The highest BCUT2D eigenvalue weighted by molar-refractivity contribution is 7.89. The number of nitrogens with one attached hydrogen (secondary N) is 1. The average molecular weight is 392 g/mol. The Labute approximate surface area is 159 Å². The van der Waals surface area contributed by atoms with Crippen LogP contribution in [0.2, 0.25) is 0 Å². The maximum atomic E-state index is 12.3. The predicted octanol–water partition coefficient (Wildman–Crippen LogP) is 0.997. The maximum Gasteiger partial charge on any atom is 0.317 e. The third-order valence-corrected chi connectivity index (χ3v) is 5.49. The van der Waals surface area contributed by atoms with Gasteiger partial charge in [-0.05, 0) is 36.2 Å². The summed E-state index contributed by atoms with van der Waals surface area (Å²) in [6, 6.07) is 10.1. The van der Waals surface area contributed by atoms with Crippen LogP contribution in [-0.4, -0.2) is 57.0 Å². The SMILES string of the molecule is NS(=O)(=O)c1ccc(CCNC(=O)N2CCN(Cc3ccco3)CC2)cc1. The number of carbonyl (C=O) groups is 1. The van der Waals surface area contributed by atoms with Gasteiger partial charge in [-0.3, -0.25) is 4.90 Å². The first kappa shape index (κ1) is 19.4. The Bertz CT molecular complexity index is 842. The molecule has 0 unspecified atom stereocenters. The topological polar surface area (TPSA) is 109 Å². The fourth-order valence-corrected chi connectivity index (χ4v) is 3.52. The number of primary sulfonamides is 1. The number of nitrogens with zero attached hydrogens (tertiary/aromatic N) is 2. The molecule has 8 nitrogen and oxygen atoms in total. The number of urea groups is 1. The van der Waals surface area contributed by atoms with Gasteiger partial charge in [0.1, 0.15) is 5.76 Å².